The van der Waals surface area contributed by atoms with Crippen molar-refractivity contribution in [1.29, 1.82) is 0 Å². The fourth-order valence-corrected chi connectivity index (χ4v) is 1.18. The monoisotopic (exact) mass is 346 g/mol. The number of hydrogen-bond acceptors (Lipinski definition) is 1. The van der Waals surface area contributed by atoms with Crippen molar-refractivity contribution in [2.24, 2.45) is 0 Å². The number of hydrogen-bond donors (Lipinski definition) is 0. The van der Waals surface area contributed by atoms with E-state index >= 15 is 0 Å². The molecule has 1 aromatic heterocycles. The van der Waals surface area contributed by atoms with Crippen LogP contribution in [0.5, 0.6) is 0 Å². The molecule has 1 aromatic rings. The molecule has 0 aromatic carbocycles. The molecular formula is C4H2Ce2O. The molecule has 0 amide bonds. The van der Waals surface area contributed by atoms with Crippen molar-refractivity contribution in [3.63, 3.8) is 0 Å². The number of rotatable bonds is 0. The quantitative estimate of drug-likeness (QED) is 0.625. The molecule has 0 aliphatic rings. The Balaban J connectivity index is 3.12. The first kappa shape index (κ1) is 7.14. The Morgan fingerprint density at radius 2 is 2.14 bits per heavy atom. The van der Waals surface area contributed by atoms with E-state index in [4.69, 9.17) is 4.42 Å². The van der Waals surface area contributed by atoms with E-state index in [9.17, 15) is 0 Å². The molecule has 0 unspecified atom stereocenters. The minimum atomic E-state index is 1.07. The Morgan fingerprint density at radius 1 is 1.43 bits per heavy atom. The summed E-state index contributed by atoms with van der Waals surface area (Å²) in [4.78, 5) is 0. The summed E-state index contributed by atoms with van der Waals surface area (Å²) in [5.41, 5.74) is 0. The van der Waals surface area contributed by atoms with Gasteiger partial charge in [-0.1, -0.05) is 0 Å². The molecule has 0 saturated heterocycles. The van der Waals surface area contributed by atoms with Crippen LogP contribution in [0.4, 0.5) is 0 Å². The van der Waals surface area contributed by atoms with Crippen LogP contribution in [0.15, 0.2) is 16.7 Å². The second-order valence-corrected chi connectivity index (χ2v) is 4.28. The maximum atomic E-state index is 5.06. The molecule has 1 nitrogen and oxygen atoms in total. The molecule has 3 heteroatoms. The normalized spacial score (nSPS) is 8.86. The van der Waals surface area contributed by atoms with Gasteiger partial charge in [0.05, 0.1) is 0 Å². The van der Waals surface area contributed by atoms with Crippen molar-refractivity contribution in [1.82, 2.24) is 0 Å². The third-order valence-electron chi connectivity index (χ3n) is 0.665. The van der Waals surface area contributed by atoms with Crippen LogP contribution >= 0.6 is 0 Å². The molecule has 0 aliphatic carbocycles. The van der Waals surface area contributed by atoms with Gasteiger partial charge in [-0.2, -0.15) is 0 Å². The minimum absolute atomic E-state index is 1.07. The Labute approximate surface area is 95.8 Å². The molecular weight excluding hydrogens is 344 g/mol. The van der Waals surface area contributed by atoms with Gasteiger partial charge in [0, 0.05) is 0 Å². The van der Waals surface area contributed by atoms with E-state index in [0.29, 0.717) is 0 Å². The zero-order valence-corrected chi connectivity index (χ0v) is 9.84. The van der Waals surface area contributed by atoms with Crippen LogP contribution in [-0.2, 0) is 0 Å². The van der Waals surface area contributed by atoms with Crippen LogP contribution in [0.3, 0.4) is 0 Å². The van der Waals surface area contributed by atoms with Gasteiger partial charge >= 0.3 is 98.4 Å². The molecule has 32 valence electrons. The second-order valence-electron chi connectivity index (χ2n) is 1.16. The Morgan fingerprint density at radius 3 is 2.29 bits per heavy atom. The molecule has 0 radical (unpaired) electrons. The first-order valence-electron chi connectivity index (χ1n) is 1.81. The van der Waals surface area contributed by atoms with Gasteiger partial charge in [0.1, 0.15) is 0 Å². The average Bonchev–Trinajstić information content (AvgIpc) is 1.91. The van der Waals surface area contributed by atoms with Gasteiger partial charge in [-0.25, -0.2) is 0 Å². The maximum absolute atomic E-state index is 5.06. The number of furan rings is 1. The molecule has 0 N–H and O–H groups in total. The van der Waals surface area contributed by atoms with Crippen molar-refractivity contribution in [3.05, 3.63) is 12.3 Å². The Kier molecular flexibility index (Phi) is 3.33. The first-order chi connectivity index (χ1) is 3.30. The molecule has 0 atom stereocenters. The predicted octanol–water partition coefficient (Wildman–Crippen LogP) is -0.371. The first-order valence-corrected chi connectivity index (χ1v) is 4.95. The average molecular weight is 346 g/mol. The summed E-state index contributed by atoms with van der Waals surface area (Å²) in [6.07, 6.45) is 1.77. The van der Waals surface area contributed by atoms with E-state index < -0.39 is 0 Å². The van der Waals surface area contributed by atoms with E-state index in [1.54, 1.807) is 6.26 Å². The van der Waals surface area contributed by atoms with Crippen LogP contribution in [0.1, 0.15) is 0 Å². The van der Waals surface area contributed by atoms with Gasteiger partial charge in [-0.15, -0.1) is 0 Å². The van der Waals surface area contributed by atoms with Gasteiger partial charge in [0.25, 0.3) is 0 Å². The Bertz CT molecular complexity index is 142. The molecule has 0 aliphatic heterocycles. The van der Waals surface area contributed by atoms with Gasteiger partial charge in [-0.05, 0) is 0 Å². The zero-order valence-electron chi connectivity index (χ0n) is 3.56. The molecule has 0 saturated carbocycles. The van der Waals surface area contributed by atoms with Crippen molar-refractivity contribution in [3.8, 4) is 0 Å². The van der Waals surface area contributed by atoms with Gasteiger partial charge in [-0.3, -0.25) is 0 Å². The summed E-state index contributed by atoms with van der Waals surface area (Å²) in [6, 6.07) is 2.05. The predicted molar refractivity (Wildman–Crippen MR) is 18.0 cm³/mol. The van der Waals surface area contributed by atoms with Crippen molar-refractivity contribution < 1.29 is 83.7 Å². The summed E-state index contributed by atoms with van der Waals surface area (Å²) in [6.45, 7) is 0. The standard InChI is InChI=1S/C4H2O.2Ce/c1-2-4-5-3-1;;/h1,3H;;. The SMILES string of the molecule is [Ce][c]1cco[c]1[Ce]. The van der Waals surface area contributed by atoms with E-state index in [0.717, 1.165) is 79.3 Å². The van der Waals surface area contributed by atoms with Gasteiger partial charge < -0.3 is 0 Å². The molecule has 7 heavy (non-hydrogen) atoms. The zero-order chi connectivity index (χ0) is 5.28. The topological polar surface area (TPSA) is 13.1 Å². The fourth-order valence-electron chi connectivity index (χ4n) is 0.309. The summed E-state index contributed by atoms with van der Waals surface area (Å²) in [5.74, 6) is 0. The molecule has 1 heterocycles. The van der Waals surface area contributed by atoms with Crippen LogP contribution < -0.4 is 2.36 Å². The van der Waals surface area contributed by atoms with Crippen molar-refractivity contribution >= 4 is 2.36 Å². The van der Waals surface area contributed by atoms with Crippen LogP contribution in [0.25, 0.3) is 0 Å². The second kappa shape index (κ2) is 3.26. The van der Waals surface area contributed by atoms with Crippen molar-refractivity contribution in [2.75, 3.05) is 0 Å². The molecule has 1 rings (SSSR count). The van der Waals surface area contributed by atoms with E-state index in [-0.39, 0.29) is 0 Å². The third-order valence-corrected chi connectivity index (χ3v) is 5.58. The summed E-state index contributed by atoms with van der Waals surface area (Å²) >= 11 is 2.21. The van der Waals surface area contributed by atoms with E-state index in [1.165, 1.54) is 2.36 Å². The van der Waals surface area contributed by atoms with Gasteiger partial charge in [0.15, 0.2) is 0 Å². The third kappa shape index (κ3) is 2.02. The summed E-state index contributed by atoms with van der Waals surface area (Å²) < 4.78 is 7.70. The fraction of sp³-hybridized carbons (Fsp3) is 0. The molecule has 0 spiro atoms. The summed E-state index contributed by atoms with van der Waals surface area (Å²) in [5, 5.41) is 0. The summed E-state index contributed by atoms with van der Waals surface area (Å²) in [7, 11) is 0. The van der Waals surface area contributed by atoms with Crippen LogP contribution in [-0.4, -0.2) is 0 Å². The van der Waals surface area contributed by atoms with Crippen LogP contribution in [0.2, 0.25) is 0 Å². The van der Waals surface area contributed by atoms with Gasteiger partial charge in [0.2, 0.25) is 0 Å². The molecule has 0 fully saturated rings. The Hall–Kier alpha value is 2.03. The van der Waals surface area contributed by atoms with Crippen LogP contribution in [0, 0.1) is 79.3 Å². The van der Waals surface area contributed by atoms with E-state index in [2.05, 4.69) is 6.07 Å². The molecule has 0 bridgehead atoms. The van der Waals surface area contributed by atoms with E-state index in [1.807, 2.05) is 0 Å². The van der Waals surface area contributed by atoms with Crippen molar-refractivity contribution in [2.45, 2.75) is 0 Å².